The van der Waals surface area contributed by atoms with Crippen molar-refractivity contribution in [1.29, 1.82) is 0 Å². The summed E-state index contributed by atoms with van der Waals surface area (Å²) >= 11 is 0. The second kappa shape index (κ2) is 6.89. The molecule has 6 nitrogen and oxygen atoms in total. The van der Waals surface area contributed by atoms with Crippen LogP contribution >= 0.6 is 0 Å². The van der Waals surface area contributed by atoms with Gasteiger partial charge in [0.15, 0.2) is 0 Å². The number of aliphatic hydroxyl groups excluding tert-OH is 6. The van der Waals surface area contributed by atoms with E-state index >= 15 is 0 Å². The molecule has 0 aromatic heterocycles. The van der Waals surface area contributed by atoms with E-state index in [1.165, 1.54) is 6.08 Å². The number of rotatable bonds is 7. The normalized spacial score (nSPS) is 21.5. The highest BCUT2D eigenvalue weighted by Gasteiger charge is 2.33. The Morgan fingerprint density at radius 1 is 0.867 bits per heavy atom. The minimum absolute atomic E-state index is 0.0418. The van der Waals surface area contributed by atoms with Gasteiger partial charge in [-0.05, 0) is 6.42 Å². The van der Waals surface area contributed by atoms with Gasteiger partial charge in [-0.2, -0.15) is 0 Å². The van der Waals surface area contributed by atoms with E-state index in [1.54, 1.807) is 0 Å². The Kier molecular flexibility index (Phi) is 6.66. The topological polar surface area (TPSA) is 121 Å². The molecule has 6 heteroatoms. The Morgan fingerprint density at radius 2 is 1.33 bits per heavy atom. The first-order chi connectivity index (χ1) is 6.95. The summed E-state index contributed by atoms with van der Waals surface area (Å²) in [6.45, 7) is 2.59. The minimum Gasteiger partial charge on any atom is -0.394 e. The lowest BCUT2D eigenvalue weighted by Crippen LogP contribution is -2.49. The molecule has 5 atom stereocenters. The largest absolute Gasteiger partial charge is 0.394 e. The molecule has 0 aromatic rings. The van der Waals surface area contributed by atoms with Crippen LogP contribution in [0, 0.1) is 0 Å². The highest BCUT2D eigenvalue weighted by atomic mass is 16.4. The van der Waals surface area contributed by atoms with Gasteiger partial charge < -0.3 is 30.6 Å². The third-order valence-corrected chi connectivity index (χ3v) is 2.08. The predicted molar refractivity (Wildman–Crippen MR) is 51.9 cm³/mol. The summed E-state index contributed by atoms with van der Waals surface area (Å²) in [5, 5.41) is 54.6. The Bertz CT molecular complexity index is 185. The Labute approximate surface area is 87.7 Å². The van der Waals surface area contributed by atoms with Crippen LogP contribution in [0.15, 0.2) is 12.7 Å². The molecule has 0 rings (SSSR count). The lowest BCUT2D eigenvalue weighted by atomic mass is 9.98. The maximum absolute atomic E-state index is 9.33. The molecule has 6 N–H and O–H groups in total. The van der Waals surface area contributed by atoms with E-state index < -0.39 is 37.1 Å². The lowest BCUT2D eigenvalue weighted by molar-refractivity contribution is -0.139. The fraction of sp³-hybridized carbons (Fsp3) is 0.778. The van der Waals surface area contributed by atoms with Crippen LogP contribution < -0.4 is 0 Å². The van der Waals surface area contributed by atoms with E-state index in [0.29, 0.717) is 0 Å². The van der Waals surface area contributed by atoms with Gasteiger partial charge in [0.1, 0.15) is 24.4 Å². The van der Waals surface area contributed by atoms with E-state index in [4.69, 9.17) is 10.2 Å². The highest BCUT2D eigenvalue weighted by molar-refractivity contribution is 4.87. The van der Waals surface area contributed by atoms with Crippen LogP contribution in [0.25, 0.3) is 0 Å². The molecular weight excluding hydrogens is 204 g/mol. The molecule has 0 bridgehead atoms. The van der Waals surface area contributed by atoms with Crippen LogP contribution in [-0.4, -0.2) is 67.8 Å². The monoisotopic (exact) mass is 222 g/mol. The van der Waals surface area contributed by atoms with Crippen molar-refractivity contribution in [2.24, 2.45) is 0 Å². The SMILES string of the molecule is C=CCC(O)[C@H](O)[C@H](O)[C@@H](O)[C@@H](O)CO. The first-order valence-corrected chi connectivity index (χ1v) is 4.57. The molecule has 0 aliphatic rings. The van der Waals surface area contributed by atoms with Crippen molar-refractivity contribution in [2.45, 2.75) is 36.9 Å². The van der Waals surface area contributed by atoms with Gasteiger partial charge in [-0.3, -0.25) is 0 Å². The zero-order chi connectivity index (χ0) is 12.0. The van der Waals surface area contributed by atoms with Crippen LogP contribution in [0.4, 0.5) is 0 Å². The molecule has 0 aliphatic carbocycles. The first-order valence-electron chi connectivity index (χ1n) is 4.57. The maximum Gasteiger partial charge on any atom is 0.111 e. The van der Waals surface area contributed by atoms with Crippen molar-refractivity contribution < 1.29 is 30.6 Å². The molecule has 0 heterocycles. The van der Waals surface area contributed by atoms with Gasteiger partial charge in [-0.25, -0.2) is 0 Å². The molecule has 0 saturated carbocycles. The Balaban J connectivity index is 4.28. The average molecular weight is 222 g/mol. The third-order valence-electron chi connectivity index (χ3n) is 2.08. The van der Waals surface area contributed by atoms with E-state index in [-0.39, 0.29) is 6.42 Å². The third kappa shape index (κ3) is 4.25. The van der Waals surface area contributed by atoms with E-state index in [2.05, 4.69) is 6.58 Å². The molecule has 15 heavy (non-hydrogen) atoms. The van der Waals surface area contributed by atoms with Crippen LogP contribution in [0.3, 0.4) is 0 Å². The minimum atomic E-state index is -1.73. The highest BCUT2D eigenvalue weighted by Crippen LogP contribution is 2.10. The van der Waals surface area contributed by atoms with Gasteiger partial charge in [0, 0.05) is 0 Å². The summed E-state index contributed by atoms with van der Waals surface area (Å²) in [4.78, 5) is 0. The van der Waals surface area contributed by atoms with Crippen molar-refractivity contribution in [3.05, 3.63) is 12.7 Å². The predicted octanol–water partition coefficient (Wildman–Crippen LogP) is -2.64. The molecule has 0 aliphatic heterocycles. The summed E-state index contributed by atoms with van der Waals surface area (Å²) in [6, 6.07) is 0. The summed E-state index contributed by atoms with van der Waals surface area (Å²) in [5.74, 6) is 0. The van der Waals surface area contributed by atoms with Crippen molar-refractivity contribution >= 4 is 0 Å². The molecule has 1 unspecified atom stereocenters. The van der Waals surface area contributed by atoms with Crippen LogP contribution in [-0.2, 0) is 0 Å². The molecule has 0 spiro atoms. The number of aliphatic hydroxyl groups is 6. The van der Waals surface area contributed by atoms with E-state index in [1.807, 2.05) is 0 Å². The smallest absolute Gasteiger partial charge is 0.111 e. The fourth-order valence-electron chi connectivity index (χ4n) is 1.08. The van der Waals surface area contributed by atoms with E-state index in [0.717, 1.165) is 0 Å². The van der Waals surface area contributed by atoms with Crippen molar-refractivity contribution in [3.63, 3.8) is 0 Å². The zero-order valence-electron chi connectivity index (χ0n) is 8.27. The Morgan fingerprint density at radius 3 is 1.73 bits per heavy atom. The molecule has 0 saturated heterocycles. The van der Waals surface area contributed by atoms with Crippen LogP contribution in [0.2, 0.25) is 0 Å². The summed E-state index contributed by atoms with van der Waals surface area (Å²) < 4.78 is 0. The number of hydrogen-bond acceptors (Lipinski definition) is 6. The zero-order valence-corrected chi connectivity index (χ0v) is 8.27. The average Bonchev–Trinajstić information content (AvgIpc) is 2.25. The summed E-state index contributed by atoms with van der Waals surface area (Å²) in [6.07, 6.45) is -6.52. The van der Waals surface area contributed by atoms with Gasteiger partial charge in [-0.1, -0.05) is 6.08 Å². The van der Waals surface area contributed by atoms with Gasteiger partial charge in [0.05, 0.1) is 12.7 Å². The first kappa shape index (κ1) is 14.5. The summed E-state index contributed by atoms with van der Waals surface area (Å²) in [7, 11) is 0. The molecule has 0 radical (unpaired) electrons. The van der Waals surface area contributed by atoms with Crippen molar-refractivity contribution in [2.75, 3.05) is 6.61 Å². The molecule has 0 fully saturated rings. The van der Waals surface area contributed by atoms with Gasteiger partial charge >= 0.3 is 0 Å². The van der Waals surface area contributed by atoms with E-state index in [9.17, 15) is 20.4 Å². The molecular formula is C9H18O6. The van der Waals surface area contributed by atoms with Crippen molar-refractivity contribution in [3.8, 4) is 0 Å². The second-order valence-corrected chi connectivity index (χ2v) is 3.31. The van der Waals surface area contributed by atoms with Gasteiger partial charge in [-0.15, -0.1) is 6.58 Å². The van der Waals surface area contributed by atoms with Crippen LogP contribution in [0.1, 0.15) is 6.42 Å². The Hall–Kier alpha value is -0.500. The maximum atomic E-state index is 9.33. The molecule has 90 valence electrons. The van der Waals surface area contributed by atoms with Crippen molar-refractivity contribution in [1.82, 2.24) is 0 Å². The quantitative estimate of drug-likeness (QED) is 0.262. The molecule has 0 amide bonds. The van der Waals surface area contributed by atoms with Gasteiger partial charge in [0.25, 0.3) is 0 Å². The number of hydrogen-bond donors (Lipinski definition) is 6. The lowest BCUT2D eigenvalue weighted by Gasteiger charge is -2.28. The fourth-order valence-corrected chi connectivity index (χ4v) is 1.08. The standard InChI is InChI=1S/C9H18O6/c1-2-3-5(11)7(13)9(15)8(14)6(12)4-10/h2,5-15H,1,3-4H2/t5?,6-,7-,8-,9-/m0/s1. The molecule has 0 aromatic carbocycles. The van der Waals surface area contributed by atoms with Crippen LogP contribution in [0.5, 0.6) is 0 Å². The summed E-state index contributed by atoms with van der Waals surface area (Å²) in [5.41, 5.74) is 0. The second-order valence-electron chi connectivity index (χ2n) is 3.31. The van der Waals surface area contributed by atoms with Gasteiger partial charge in [0.2, 0.25) is 0 Å².